The van der Waals surface area contributed by atoms with Gasteiger partial charge in [0.25, 0.3) is 0 Å². The average molecular weight is 282 g/mol. The van der Waals surface area contributed by atoms with E-state index in [4.69, 9.17) is 13.9 Å². The van der Waals surface area contributed by atoms with Crippen molar-refractivity contribution in [3.63, 3.8) is 0 Å². The molecule has 0 saturated carbocycles. The van der Waals surface area contributed by atoms with Gasteiger partial charge in [0.15, 0.2) is 5.43 Å². The van der Waals surface area contributed by atoms with Crippen LogP contribution >= 0.6 is 0 Å². The van der Waals surface area contributed by atoms with Gasteiger partial charge >= 0.3 is 0 Å². The van der Waals surface area contributed by atoms with E-state index in [2.05, 4.69) is 0 Å². The van der Waals surface area contributed by atoms with Crippen molar-refractivity contribution in [3.05, 3.63) is 70.6 Å². The molecular formula is C17H14O4. The van der Waals surface area contributed by atoms with Crippen LogP contribution in [0.5, 0.6) is 11.5 Å². The van der Waals surface area contributed by atoms with Crippen molar-refractivity contribution in [1.82, 2.24) is 0 Å². The molecule has 0 spiro atoms. The molecular weight excluding hydrogens is 268 g/mol. The van der Waals surface area contributed by atoms with Crippen molar-refractivity contribution >= 4 is 11.0 Å². The van der Waals surface area contributed by atoms with Crippen LogP contribution in [-0.4, -0.2) is 7.11 Å². The molecule has 4 heteroatoms. The van der Waals surface area contributed by atoms with E-state index in [0.29, 0.717) is 22.3 Å². The zero-order valence-electron chi connectivity index (χ0n) is 11.5. The van der Waals surface area contributed by atoms with Crippen molar-refractivity contribution in [2.24, 2.45) is 0 Å². The van der Waals surface area contributed by atoms with E-state index in [-0.39, 0.29) is 12.0 Å². The van der Waals surface area contributed by atoms with Crippen LogP contribution in [0.4, 0.5) is 0 Å². The fraction of sp³-hybridized carbons (Fsp3) is 0.118. The van der Waals surface area contributed by atoms with Gasteiger partial charge in [0.05, 0.1) is 18.1 Å². The predicted molar refractivity (Wildman–Crippen MR) is 79.8 cm³/mol. The molecule has 0 aliphatic carbocycles. The summed E-state index contributed by atoms with van der Waals surface area (Å²) < 4.78 is 16.1. The van der Waals surface area contributed by atoms with Crippen LogP contribution in [0.3, 0.4) is 0 Å². The van der Waals surface area contributed by atoms with E-state index < -0.39 is 0 Å². The highest BCUT2D eigenvalue weighted by Gasteiger charge is 2.07. The number of methoxy groups -OCH3 is 1. The van der Waals surface area contributed by atoms with Gasteiger partial charge in [-0.1, -0.05) is 12.1 Å². The summed E-state index contributed by atoms with van der Waals surface area (Å²) in [6.07, 6.45) is 1.45. The van der Waals surface area contributed by atoms with Gasteiger partial charge in [-0.3, -0.25) is 4.79 Å². The minimum absolute atomic E-state index is 0.0645. The van der Waals surface area contributed by atoms with Gasteiger partial charge in [-0.25, -0.2) is 0 Å². The Labute approximate surface area is 121 Å². The second-order valence-corrected chi connectivity index (χ2v) is 4.55. The van der Waals surface area contributed by atoms with E-state index in [1.165, 1.54) is 6.26 Å². The lowest BCUT2D eigenvalue weighted by Crippen LogP contribution is -2.11. The fourth-order valence-electron chi connectivity index (χ4n) is 2.05. The monoisotopic (exact) mass is 282 g/mol. The summed E-state index contributed by atoms with van der Waals surface area (Å²) in [6.45, 7) is 0.166. The largest absolute Gasteiger partial charge is 0.497 e. The number of para-hydroxylation sites is 1. The minimum Gasteiger partial charge on any atom is -0.497 e. The first-order chi connectivity index (χ1) is 10.3. The van der Waals surface area contributed by atoms with Gasteiger partial charge in [0.1, 0.15) is 30.0 Å². The van der Waals surface area contributed by atoms with Crippen LogP contribution in [0.15, 0.2) is 64.0 Å². The molecule has 4 nitrogen and oxygen atoms in total. The molecule has 0 radical (unpaired) electrons. The summed E-state index contributed by atoms with van der Waals surface area (Å²) in [5, 5.41) is 0.563. The summed E-state index contributed by atoms with van der Waals surface area (Å²) in [6, 6.07) is 14.4. The molecule has 21 heavy (non-hydrogen) atoms. The Morgan fingerprint density at radius 2 is 1.71 bits per heavy atom. The molecule has 1 aromatic heterocycles. The van der Waals surface area contributed by atoms with Crippen molar-refractivity contribution in [2.45, 2.75) is 6.61 Å². The van der Waals surface area contributed by atoms with Crippen LogP contribution in [-0.2, 0) is 6.61 Å². The first kappa shape index (κ1) is 13.2. The summed E-state index contributed by atoms with van der Waals surface area (Å²) in [4.78, 5) is 12.3. The second-order valence-electron chi connectivity index (χ2n) is 4.55. The third-order valence-corrected chi connectivity index (χ3v) is 3.21. The average Bonchev–Trinajstić information content (AvgIpc) is 2.55. The zero-order valence-corrected chi connectivity index (χ0v) is 11.5. The van der Waals surface area contributed by atoms with Crippen molar-refractivity contribution in [2.75, 3.05) is 7.11 Å². The predicted octanol–water partition coefficient (Wildman–Crippen LogP) is 3.38. The molecule has 3 rings (SSSR count). The lowest BCUT2D eigenvalue weighted by Gasteiger charge is -2.07. The summed E-state index contributed by atoms with van der Waals surface area (Å²) in [7, 11) is 1.61. The quantitative estimate of drug-likeness (QED) is 0.736. The Morgan fingerprint density at radius 3 is 2.48 bits per heavy atom. The van der Waals surface area contributed by atoms with Gasteiger partial charge in [-0.2, -0.15) is 0 Å². The van der Waals surface area contributed by atoms with Gasteiger partial charge < -0.3 is 13.9 Å². The molecule has 1 heterocycles. The summed E-state index contributed by atoms with van der Waals surface area (Å²) >= 11 is 0. The lowest BCUT2D eigenvalue weighted by atomic mass is 10.2. The van der Waals surface area contributed by atoms with Gasteiger partial charge in [-0.15, -0.1) is 0 Å². The number of ether oxygens (including phenoxy) is 2. The fourth-order valence-corrected chi connectivity index (χ4v) is 2.05. The van der Waals surface area contributed by atoms with Crippen molar-refractivity contribution < 1.29 is 13.9 Å². The summed E-state index contributed by atoms with van der Waals surface area (Å²) in [5.74, 6) is 1.43. The smallest absolute Gasteiger partial charge is 0.199 e. The molecule has 0 atom stereocenters. The number of hydrogen-bond donors (Lipinski definition) is 0. The Balaban J connectivity index is 1.81. The minimum atomic E-state index is -0.0645. The third-order valence-electron chi connectivity index (χ3n) is 3.21. The molecule has 0 fully saturated rings. The standard InChI is InChI=1S/C17H14O4/c1-19-13-6-8-14(9-7-13)20-10-12-11-21-16-5-3-2-4-15(16)17(12)18/h2-9,11H,10H2,1H3. The third kappa shape index (κ3) is 2.74. The van der Waals surface area contributed by atoms with Crippen LogP contribution < -0.4 is 14.9 Å². The maximum Gasteiger partial charge on any atom is 0.199 e. The van der Waals surface area contributed by atoms with Crippen molar-refractivity contribution in [3.8, 4) is 11.5 Å². The first-order valence-corrected chi connectivity index (χ1v) is 6.54. The number of benzene rings is 2. The van der Waals surface area contributed by atoms with Gasteiger partial charge in [0.2, 0.25) is 0 Å². The normalized spacial score (nSPS) is 10.5. The van der Waals surface area contributed by atoms with Gasteiger partial charge in [0, 0.05) is 0 Å². The maximum absolute atomic E-state index is 12.3. The van der Waals surface area contributed by atoms with E-state index in [1.807, 2.05) is 12.1 Å². The zero-order chi connectivity index (χ0) is 14.7. The van der Waals surface area contributed by atoms with E-state index in [0.717, 1.165) is 5.75 Å². The molecule has 0 aliphatic heterocycles. The van der Waals surface area contributed by atoms with Crippen LogP contribution in [0.25, 0.3) is 11.0 Å². The molecule has 0 N–H and O–H groups in total. The molecule has 0 bridgehead atoms. The maximum atomic E-state index is 12.3. The van der Waals surface area contributed by atoms with Gasteiger partial charge in [-0.05, 0) is 36.4 Å². The Hall–Kier alpha value is -2.75. The van der Waals surface area contributed by atoms with Crippen molar-refractivity contribution in [1.29, 1.82) is 0 Å². The molecule has 3 aromatic rings. The number of hydrogen-bond acceptors (Lipinski definition) is 4. The Bertz CT molecular complexity index is 803. The Morgan fingerprint density at radius 1 is 1.00 bits per heavy atom. The van der Waals surface area contributed by atoms with Crippen LogP contribution in [0.1, 0.15) is 5.56 Å². The van der Waals surface area contributed by atoms with Crippen LogP contribution in [0.2, 0.25) is 0 Å². The van der Waals surface area contributed by atoms with E-state index in [9.17, 15) is 4.79 Å². The second kappa shape index (κ2) is 5.71. The molecule has 0 unspecified atom stereocenters. The molecule has 0 saturated heterocycles. The highest BCUT2D eigenvalue weighted by molar-refractivity contribution is 5.76. The number of rotatable bonds is 4. The SMILES string of the molecule is COc1ccc(OCc2coc3ccccc3c2=O)cc1. The molecule has 106 valence electrons. The highest BCUT2D eigenvalue weighted by Crippen LogP contribution is 2.18. The topological polar surface area (TPSA) is 48.7 Å². The van der Waals surface area contributed by atoms with Crippen LogP contribution in [0, 0.1) is 0 Å². The molecule has 2 aromatic carbocycles. The number of fused-ring (bicyclic) bond motifs is 1. The molecule has 0 amide bonds. The lowest BCUT2D eigenvalue weighted by molar-refractivity contribution is 0.301. The van der Waals surface area contributed by atoms with E-state index in [1.54, 1.807) is 43.5 Å². The first-order valence-electron chi connectivity index (χ1n) is 6.54. The highest BCUT2D eigenvalue weighted by atomic mass is 16.5. The molecule has 0 aliphatic rings. The Kier molecular flexibility index (Phi) is 3.60. The van der Waals surface area contributed by atoms with E-state index >= 15 is 0 Å². The summed E-state index contributed by atoms with van der Waals surface area (Å²) in [5.41, 5.74) is 1.01.